The van der Waals surface area contributed by atoms with E-state index in [9.17, 15) is 9.59 Å². The minimum atomic E-state index is -0.309. The van der Waals surface area contributed by atoms with E-state index in [0.717, 1.165) is 10.2 Å². The lowest BCUT2D eigenvalue weighted by molar-refractivity contribution is -0.113. The normalized spacial score (nSPS) is 11.0. The molecular formula is C20H16Cl2N6O2S2. The van der Waals surface area contributed by atoms with Crippen molar-refractivity contribution in [3.8, 4) is 0 Å². The molecule has 0 aliphatic heterocycles. The summed E-state index contributed by atoms with van der Waals surface area (Å²) in [5.74, 6) is 0.201. The standard InChI is InChI=1S/C20H16Cl2N6O2S2/c1-28-16(9-23-18(30)11-6-7-12(21)13(22)8-11)26-27-20(28)31-10-17(29)25-19-24-14-4-2-3-5-15(14)32-19/h2-8H,9-10H2,1H3,(H,23,30)(H,24,25,29). The van der Waals surface area contributed by atoms with Crippen molar-refractivity contribution in [2.75, 3.05) is 11.1 Å². The highest BCUT2D eigenvalue weighted by molar-refractivity contribution is 7.99. The molecule has 0 aliphatic rings. The number of nitrogens with zero attached hydrogens (tertiary/aromatic N) is 4. The van der Waals surface area contributed by atoms with E-state index >= 15 is 0 Å². The second-order valence-electron chi connectivity index (χ2n) is 6.59. The van der Waals surface area contributed by atoms with Crippen LogP contribution in [-0.2, 0) is 18.4 Å². The smallest absolute Gasteiger partial charge is 0.251 e. The SMILES string of the molecule is Cn1c(CNC(=O)c2ccc(Cl)c(Cl)c2)nnc1SCC(=O)Nc1nc2ccccc2s1. The maximum absolute atomic E-state index is 12.3. The zero-order chi connectivity index (χ0) is 22.7. The van der Waals surface area contributed by atoms with Crippen molar-refractivity contribution in [1.29, 1.82) is 0 Å². The van der Waals surface area contributed by atoms with Crippen LogP contribution in [0.2, 0.25) is 10.0 Å². The molecule has 164 valence electrons. The summed E-state index contributed by atoms with van der Waals surface area (Å²) in [7, 11) is 1.77. The van der Waals surface area contributed by atoms with E-state index in [0.29, 0.717) is 31.7 Å². The number of aromatic nitrogens is 4. The Morgan fingerprint density at radius 3 is 2.72 bits per heavy atom. The third-order valence-corrected chi connectivity index (χ3v) is 7.10. The Kier molecular flexibility index (Phi) is 6.95. The summed E-state index contributed by atoms with van der Waals surface area (Å²) in [6.07, 6.45) is 0. The Bertz CT molecular complexity index is 1270. The van der Waals surface area contributed by atoms with Crippen LogP contribution in [0.25, 0.3) is 10.2 Å². The molecule has 0 saturated heterocycles. The van der Waals surface area contributed by atoms with Crippen molar-refractivity contribution >= 4 is 73.5 Å². The minimum Gasteiger partial charge on any atom is -0.345 e. The van der Waals surface area contributed by atoms with Crippen molar-refractivity contribution in [2.45, 2.75) is 11.7 Å². The molecule has 2 N–H and O–H groups in total. The number of amides is 2. The molecule has 0 fully saturated rings. The molecule has 4 rings (SSSR count). The number of fused-ring (bicyclic) bond motifs is 1. The van der Waals surface area contributed by atoms with Gasteiger partial charge in [-0.15, -0.1) is 10.2 Å². The van der Waals surface area contributed by atoms with Crippen LogP contribution in [-0.4, -0.2) is 37.3 Å². The van der Waals surface area contributed by atoms with E-state index in [-0.39, 0.29) is 24.1 Å². The molecule has 0 radical (unpaired) electrons. The van der Waals surface area contributed by atoms with Crippen LogP contribution in [0.1, 0.15) is 16.2 Å². The molecule has 0 spiro atoms. The molecule has 2 amide bonds. The maximum atomic E-state index is 12.3. The topological polar surface area (TPSA) is 102 Å². The lowest BCUT2D eigenvalue weighted by Gasteiger charge is -2.07. The number of benzene rings is 2. The highest BCUT2D eigenvalue weighted by Crippen LogP contribution is 2.26. The van der Waals surface area contributed by atoms with E-state index < -0.39 is 0 Å². The van der Waals surface area contributed by atoms with Gasteiger partial charge in [-0.3, -0.25) is 9.59 Å². The number of carbonyl (C=O) groups excluding carboxylic acids is 2. The van der Waals surface area contributed by atoms with Gasteiger partial charge in [-0.25, -0.2) is 4.98 Å². The number of thioether (sulfide) groups is 1. The number of carbonyl (C=O) groups is 2. The van der Waals surface area contributed by atoms with Crippen LogP contribution in [0.4, 0.5) is 5.13 Å². The fraction of sp³-hybridized carbons (Fsp3) is 0.150. The third-order valence-electron chi connectivity index (χ3n) is 4.39. The number of hydrogen-bond donors (Lipinski definition) is 2. The highest BCUT2D eigenvalue weighted by Gasteiger charge is 2.14. The monoisotopic (exact) mass is 506 g/mol. The zero-order valence-electron chi connectivity index (χ0n) is 16.6. The Balaban J connectivity index is 1.30. The maximum Gasteiger partial charge on any atom is 0.251 e. The third kappa shape index (κ3) is 5.21. The van der Waals surface area contributed by atoms with Crippen molar-refractivity contribution in [2.24, 2.45) is 7.05 Å². The van der Waals surface area contributed by atoms with Crippen LogP contribution >= 0.6 is 46.3 Å². The summed E-state index contributed by atoms with van der Waals surface area (Å²) in [5, 5.41) is 15.6. The first-order valence-corrected chi connectivity index (χ1v) is 11.9. The molecule has 32 heavy (non-hydrogen) atoms. The number of hydrogen-bond acceptors (Lipinski definition) is 7. The Morgan fingerprint density at radius 1 is 1.12 bits per heavy atom. The summed E-state index contributed by atoms with van der Waals surface area (Å²) in [6.45, 7) is 0.168. The molecule has 4 aromatic rings. The molecule has 0 bridgehead atoms. The van der Waals surface area contributed by atoms with Crippen molar-refractivity contribution < 1.29 is 9.59 Å². The van der Waals surface area contributed by atoms with E-state index in [1.165, 1.54) is 29.2 Å². The number of thiazole rings is 1. The predicted molar refractivity (Wildman–Crippen MR) is 128 cm³/mol. The van der Waals surface area contributed by atoms with Gasteiger partial charge in [0, 0.05) is 12.6 Å². The van der Waals surface area contributed by atoms with E-state index in [2.05, 4.69) is 25.8 Å². The molecule has 0 atom stereocenters. The van der Waals surface area contributed by atoms with Gasteiger partial charge < -0.3 is 15.2 Å². The quantitative estimate of drug-likeness (QED) is 0.360. The average molecular weight is 507 g/mol. The van der Waals surface area contributed by atoms with Crippen molar-refractivity contribution in [3.05, 3.63) is 63.9 Å². The predicted octanol–water partition coefficient (Wildman–Crippen LogP) is 4.39. The molecule has 0 unspecified atom stereocenters. The van der Waals surface area contributed by atoms with Gasteiger partial charge in [0.2, 0.25) is 5.91 Å². The molecule has 2 heterocycles. The van der Waals surface area contributed by atoms with Gasteiger partial charge in [0.05, 0.1) is 32.6 Å². The number of anilines is 1. The Hall–Kier alpha value is -2.66. The largest absolute Gasteiger partial charge is 0.345 e. The van der Waals surface area contributed by atoms with Gasteiger partial charge in [-0.1, -0.05) is 58.4 Å². The molecule has 8 nitrogen and oxygen atoms in total. The molecule has 2 aromatic carbocycles. The molecule has 0 saturated carbocycles. The first-order chi connectivity index (χ1) is 15.4. The van der Waals surface area contributed by atoms with Crippen LogP contribution in [0.3, 0.4) is 0 Å². The van der Waals surface area contributed by atoms with Gasteiger partial charge in [0.1, 0.15) is 0 Å². The van der Waals surface area contributed by atoms with Gasteiger partial charge in [0.25, 0.3) is 5.91 Å². The summed E-state index contributed by atoms with van der Waals surface area (Å²) in [5.41, 5.74) is 1.24. The summed E-state index contributed by atoms with van der Waals surface area (Å²) in [6, 6.07) is 12.3. The summed E-state index contributed by atoms with van der Waals surface area (Å²) < 4.78 is 2.74. The van der Waals surface area contributed by atoms with Crippen LogP contribution in [0.15, 0.2) is 47.6 Å². The van der Waals surface area contributed by atoms with Crippen LogP contribution < -0.4 is 10.6 Å². The van der Waals surface area contributed by atoms with Gasteiger partial charge in [-0.05, 0) is 30.3 Å². The Morgan fingerprint density at radius 2 is 1.94 bits per heavy atom. The summed E-state index contributed by atoms with van der Waals surface area (Å²) in [4.78, 5) is 29.0. The Labute approximate surface area is 201 Å². The molecular weight excluding hydrogens is 491 g/mol. The van der Waals surface area contributed by atoms with E-state index in [4.69, 9.17) is 23.2 Å². The zero-order valence-corrected chi connectivity index (χ0v) is 19.8. The highest BCUT2D eigenvalue weighted by atomic mass is 35.5. The van der Waals surface area contributed by atoms with E-state index in [1.807, 2.05) is 24.3 Å². The summed E-state index contributed by atoms with van der Waals surface area (Å²) >= 11 is 14.5. The number of halogens is 2. The van der Waals surface area contributed by atoms with Crippen molar-refractivity contribution in [3.63, 3.8) is 0 Å². The molecule has 2 aromatic heterocycles. The van der Waals surface area contributed by atoms with Gasteiger partial charge in [-0.2, -0.15) is 0 Å². The number of para-hydroxylation sites is 1. The lowest BCUT2D eigenvalue weighted by Crippen LogP contribution is -2.24. The first kappa shape index (κ1) is 22.5. The van der Waals surface area contributed by atoms with Crippen LogP contribution in [0.5, 0.6) is 0 Å². The van der Waals surface area contributed by atoms with Crippen molar-refractivity contribution in [1.82, 2.24) is 25.1 Å². The minimum absolute atomic E-state index is 0.150. The number of nitrogens with one attached hydrogen (secondary N) is 2. The fourth-order valence-corrected chi connectivity index (χ4v) is 4.64. The van der Waals surface area contributed by atoms with E-state index in [1.54, 1.807) is 23.7 Å². The van der Waals surface area contributed by atoms with Gasteiger partial charge in [0.15, 0.2) is 16.1 Å². The average Bonchev–Trinajstić information content (AvgIpc) is 3.34. The number of rotatable bonds is 7. The first-order valence-electron chi connectivity index (χ1n) is 9.30. The second kappa shape index (κ2) is 9.86. The molecule has 12 heteroatoms. The molecule has 0 aliphatic carbocycles. The lowest BCUT2D eigenvalue weighted by atomic mass is 10.2. The van der Waals surface area contributed by atoms with Crippen LogP contribution in [0, 0.1) is 0 Å². The van der Waals surface area contributed by atoms with Gasteiger partial charge >= 0.3 is 0 Å². The second-order valence-corrected chi connectivity index (χ2v) is 9.38. The fourth-order valence-electron chi connectivity index (χ4n) is 2.73.